The van der Waals surface area contributed by atoms with Gasteiger partial charge < -0.3 is 74.7 Å². The van der Waals surface area contributed by atoms with E-state index in [0.29, 0.717) is 0 Å². The Morgan fingerprint density at radius 2 is 1.03 bits per heavy atom. The van der Waals surface area contributed by atoms with Crippen LogP contribution in [0.25, 0.3) is 0 Å². The van der Waals surface area contributed by atoms with Gasteiger partial charge in [0.1, 0.15) is 61.0 Å². The number of ether oxygens (including phenoxy) is 5. The second kappa shape index (κ2) is 11.4. The monoisotopic (exact) mass is 488 g/mol. The van der Waals surface area contributed by atoms with Crippen molar-refractivity contribution in [2.24, 2.45) is 0 Å². The van der Waals surface area contributed by atoms with Gasteiger partial charge in [0.25, 0.3) is 0 Å². The molecule has 0 radical (unpaired) electrons. The van der Waals surface area contributed by atoms with Crippen LogP contribution in [0.4, 0.5) is 0 Å². The second-order valence-electron chi connectivity index (χ2n) is 8.31. The van der Waals surface area contributed by atoms with Gasteiger partial charge in [-0.2, -0.15) is 0 Å². The van der Waals surface area contributed by atoms with Gasteiger partial charge in [0.2, 0.25) is 0 Å². The molecule has 3 aliphatic rings. The molecular weight excluding hydrogens is 456 g/mol. The molecule has 1 unspecified atom stereocenters. The van der Waals surface area contributed by atoms with E-state index in [9.17, 15) is 51.1 Å². The van der Waals surface area contributed by atoms with Gasteiger partial charge in [-0.15, -0.1) is 0 Å². The highest BCUT2D eigenvalue weighted by Crippen LogP contribution is 2.27. The standard InChI is InChI=1S/C18H32O15/c19-2-7-10(22)12(24)14(26)17(32-7)30-4-9-11(23)13(25)15(27)18(33-9)29-3-8-5(20)1-6(21)16(28)31-8/h5-28H,1-4H2/t5-,6+,7+,8+,9+,10+,11+,12-,13-,14+,15+,16?,17-,18-/m0/s1. The SMILES string of the molecule is OC[C@H]1O[C@H](OC[C@H]2O[C@H](OC[C@H]3OC(O)[C@H](O)C[C@@H]3O)[C@H](O)[C@@H](O)[C@@H]2O)[C@H](O)[C@@H](O)[C@@H]1O. The van der Waals surface area contributed by atoms with Crippen molar-refractivity contribution in [1.82, 2.24) is 0 Å². The highest BCUT2D eigenvalue weighted by Gasteiger charge is 2.48. The first-order valence-corrected chi connectivity index (χ1v) is 10.5. The Kier molecular flexibility index (Phi) is 9.35. The van der Waals surface area contributed by atoms with Crippen LogP contribution in [-0.4, -0.2) is 157 Å². The minimum Gasteiger partial charge on any atom is -0.394 e. The van der Waals surface area contributed by atoms with Crippen molar-refractivity contribution < 1.29 is 74.7 Å². The molecule has 3 fully saturated rings. The normalized spacial score (nSPS) is 51.5. The van der Waals surface area contributed by atoms with Crippen LogP contribution in [0, 0.1) is 0 Å². The molecule has 3 heterocycles. The summed E-state index contributed by atoms with van der Waals surface area (Å²) in [6.45, 7) is -1.61. The molecule has 15 nitrogen and oxygen atoms in total. The molecule has 15 heteroatoms. The summed E-state index contributed by atoms with van der Waals surface area (Å²) in [4.78, 5) is 0. The highest BCUT2D eigenvalue weighted by atomic mass is 16.7. The fourth-order valence-corrected chi connectivity index (χ4v) is 3.80. The second-order valence-corrected chi connectivity index (χ2v) is 8.31. The maximum Gasteiger partial charge on any atom is 0.186 e. The smallest absolute Gasteiger partial charge is 0.186 e. The molecule has 0 aromatic carbocycles. The quantitative estimate of drug-likeness (QED) is 0.160. The van der Waals surface area contributed by atoms with E-state index in [1.54, 1.807) is 0 Å². The first-order valence-electron chi connectivity index (χ1n) is 10.5. The van der Waals surface area contributed by atoms with Crippen LogP contribution in [0.2, 0.25) is 0 Å². The minimum atomic E-state index is -1.74. The van der Waals surface area contributed by atoms with Gasteiger partial charge in [0.15, 0.2) is 18.9 Å². The Hall–Kier alpha value is -0.600. The van der Waals surface area contributed by atoms with E-state index in [2.05, 4.69) is 0 Å². The predicted octanol–water partition coefficient (Wildman–Crippen LogP) is -6.54. The molecule has 33 heavy (non-hydrogen) atoms. The van der Waals surface area contributed by atoms with E-state index in [4.69, 9.17) is 23.7 Å². The molecule has 0 saturated carbocycles. The zero-order chi connectivity index (χ0) is 24.4. The van der Waals surface area contributed by atoms with Crippen LogP contribution in [-0.2, 0) is 23.7 Å². The lowest BCUT2D eigenvalue weighted by Crippen LogP contribution is -2.62. The average molecular weight is 488 g/mol. The van der Waals surface area contributed by atoms with Crippen molar-refractivity contribution in [3.8, 4) is 0 Å². The van der Waals surface area contributed by atoms with Crippen LogP contribution in [0.15, 0.2) is 0 Å². The topological polar surface area (TPSA) is 248 Å². The third kappa shape index (κ3) is 5.97. The molecular formula is C18H32O15. The zero-order valence-electron chi connectivity index (χ0n) is 17.4. The molecule has 0 aromatic heterocycles. The molecule has 3 aliphatic heterocycles. The van der Waals surface area contributed by atoms with Crippen molar-refractivity contribution in [3.63, 3.8) is 0 Å². The van der Waals surface area contributed by atoms with E-state index in [-0.39, 0.29) is 6.42 Å². The van der Waals surface area contributed by atoms with Crippen LogP contribution >= 0.6 is 0 Å². The van der Waals surface area contributed by atoms with Crippen molar-refractivity contribution in [2.75, 3.05) is 19.8 Å². The molecule has 194 valence electrons. The van der Waals surface area contributed by atoms with Crippen molar-refractivity contribution in [1.29, 1.82) is 0 Å². The van der Waals surface area contributed by atoms with E-state index in [1.165, 1.54) is 0 Å². The molecule has 0 amide bonds. The lowest BCUT2D eigenvalue weighted by atomic mass is 9.98. The lowest BCUT2D eigenvalue weighted by molar-refractivity contribution is -0.337. The first kappa shape index (κ1) is 27.0. The highest BCUT2D eigenvalue weighted by molar-refractivity contribution is 4.92. The van der Waals surface area contributed by atoms with E-state index >= 15 is 0 Å². The molecule has 10 N–H and O–H groups in total. The fraction of sp³-hybridized carbons (Fsp3) is 1.00. The Balaban J connectivity index is 1.56. The number of aliphatic hydroxyl groups is 10. The summed E-state index contributed by atoms with van der Waals surface area (Å²) in [6, 6.07) is 0. The third-order valence-electron chi connectivity index (χ3n) is 5.92. The van der Waals surface area contributed by atoms with Gasteiger partial charge in [-0.3, -0.25) is 0 Å². The number of hydrogen-bond acceptors (Lipinski definition) is 15. The Morgan fingerprint density at radius 3 is 1.58 bits per heavy atom. The molecule has 0 aromatic rings. The maximum atomic E-state index is 10.2. The molecule has 3 rings (SSSR count). The van der Waals surface area contributed by atoms with Crippen molar-refractivity contribution >= 4 is 0 Å². The predicted molar refractivity (Wildman–Crippen MR) is 99.9 cm³/mol. The Labute approximate surface area is 187 Å². The molecule has 0 spiro atoms. The molecule has 0 bridgehead atoms. The number of hydrogen-bond donors (Lipinski definition) is 10. The van der Waals surface area contributed by atoms with Gasteiger partial charge in [-0.25, -0.2) is 0 Å². The van der Waals surface area contributed by atoms with Gasteiger partial charge >= 0.3 is 0 Å². The minimum absolute atomic E-state index is 0.180. The van der Waals surface area contributed by atoms with Gasteiger partial charge in [-0.1, -0.05) is 0 Å². The van der Waals surface area contributed by atoms with Crippen molar-refractivity contribution in [3.05, 3.63) is 0 Å². The van der Waals surface area contributed by atoms with E-state index in [1.807, 2.05) is 0 Å². The summed E-state index contributed by atoms with van der Waals surface area (Å²) in [7, 11) is 0. The molecule has 14 atom stereocenters. The summed E-state index contributed by atoms with van der Waals surface area (Å²) in [5.41, 5.74) is 0. The first-order chi connectivity index (χ1) is 15.5. The van der Waals surface area contributed by atoms with E-state index < -0.39 is 106 Å². The summed E-state index contributed by atoms with van der Waals surface area (Å²) in [5.74, 6) is 0. The molecule has 3 saturated heterocycles. The summed E-state index contributed by atoms with van der Waals surface area (Å²) in [5, 5.41) is 98.4. The number of rotatable bonds is 7. The van der Waals surface area contributed by atoms with Crippen LogP contribution in [0.1, 0.15) is 6.42 Å². The van der Waals surface area contributed by atoms with Crippen LogP contribution < -0.4 is 0 Å². The van der Waals surface area contributed by atoms with Crippen LogP contribution in [0.5, 0.6) is 0 Å². The van der Waals surface area contributed by atoms with Gasteiger partial charge in [0, 0.05) is 6.42 Å². The zero-order valence-corrected chi connectivity index (χ0v) is 17.4. The lowest BCUT2D eigenvalue weighted by Gasteiger charge is -2.43. The Morgan fingerprint density at radius 1 is 0.545 bits per heavy atom. The summed E-state index contributed by atoms with van der Waals surface area (Å²) >= 11 is 0. The van der Waals surface area contributed by atoms with Gasteiger partial charge in [0.05, 0.1) is 25.9 Å². The summed E-state index contributed by atoms with van der Waals surface area (Å²) < 4.78 is 26.3. The van der Waals surface area contributed by atoms with Crippen LogP contribution in [0.3, 0.4) is 0 Å². The summed E-state index contributed by atoms with van der Waals surface area (Å²) in [6.07, 6.45) is -20.9. The van der Waals surface area contributed by atoms with Gasteiger partial charge in [-0.05, 0) is 0 Å². The van der Waals surface area contributed by atoms with Crippen molar-refractivity contribution in [2.45, 2.75) is 92.4 Å². The largest absolute Gasteiger partial charge is 0.394 e. The average Bonchev–Trinajstić information content (AvgIpc) is 2.79. The fourth-order valence-electron chi connectivity index (χ4n) is 3.80. The number of aliphatic hydroxyl groups excluding tert-OH is 10. The third-order valence-corrected chi connectivity index (χ3v) is 5.92. The molecule has 0 aliphatic carbocycles. The Bertz CT molecular complexity index is 609. The maximum absolute atomic E-state index is 10.2. The van der Waals surface area contributed by atoms with E-state index in [0.717, 1.165) is 0 Å².